The van der Waals surface area contributed by atoms with E-state index in [1.807, 2.05) is 6.07 Å². The first-order valence-electron chi connectivity index (χ1n) is 5.54. The molecular formula is C12H16ClF3N2. The van der Waals surface area contributed by atoms with Gasteiger partial charge in [-0.3, -0.25) is 0 Å². The molecule has 18 heavy (non-hydrogen) atoms. The minimum absolute atomic E-state index is 0.0782. The predicted molar refractivity (Wildman–Crippen MR) is 68.2 cm³/mol. The normalized spacial score (nSPS) is 11.7. The Balaban J connectivity index is 2.69. The largest absolute Gasteiger partial charge is 0.390 e. The standard InChI is InChI=1S/C12H16ClF3N2/c1-17-8-9-3-4-10(7-11(9)13)18(2)6-5-12(14,15)16/h3-4,7,17H,5-6,8H2,1-2H3. The van der Waals surface area contributed by atoms with Crippen molar-refractivity contribution in [2.75, 3.05) is 25.5 Å². The van der Waals surface area contributed by atoms with Gasteiger partial charge in [0.25, 0.3) is 0 Å². The zero-order valence-electron chi connectivity index (χ0n) is 10.3. The van der Waals surface area contributed by atoms with Crippen molar-refractivity contribution >= 4 is 17.3 Å². The van der Waals surface area contributed by atoms with Crippen molar-refractivity contribution in [1.82, 2.24) is 5.32 Å². The summed E-state index contributed by atoms with van der Waals surface area (Å²) >= 11 is 6.05. The highest BCUT2D eigenvalue weighted by molar-refractivity contribution is 6.31. The van der Waals surface area contributed by atoms with Crippen LogP contribution in [-0.2, 0) is 6.54 Å². The third kappa shape index (κ3) is 4.74. The number of nitrogens with zero attached hydrogens (tertiary/aromatic N) is 1. The molecule has 0 fully saturated rings. The van der Waals surface area contributed by atoms with Gasteiger partial charge in [0.05, 0.1) is 6.42 Å². The summed E-state index contributed by atoms with van der Waals surface area (Å²) in [6.45, 7) is 0.552. The summed E-state index contributed by atoms with van der Waals surface area (Å²) in [6, 6.07) is 5.28. The van der Waals surface area contributed by atoms with E-state index < -0.39 is 12.6 Å². The highest BCUT2D eigenvalue weighted by Crippen LogP contribution is 2.25. The van der Waals surface area contributed by atoms with Crippen LogP contribution in [-0.4, -0.2) is 26.8 Å². The van der Waals surface area contributed by atoms with Gasteiger partial charge in [0.15, 0.2) is 0 Å². The maximum Gasteiger partial charge on any atom is 0.390 e. The second-order valence-corrected chi connectivity index (χ2v) is 4.50. The van der Waals surface area contributed by atoms with Crippen molar-refractivity contribution in [2.45, 2.75) is 19.1 Å². The Morgan fingerprint density at radius 3 is 2.50 bits per heavy atom. The molecule has 0 radical (unpaired) electrons. The second kappa shape index (κ2) is 6.29. The van der Waals surface area contributed by atoms with E-state index in [9.17, 15) is 13.2 Å². The summed E-state index contributed by atoms with van der Waals surface area (Å²) in [7, 11) is 3.43. The van der Waals surface area contributed by atoms with Gasteiger partial charge < -0.3 is 10.2 Å². The summed E-state index contributed by atoms with van der Waals surface area (Å²) in [5.41, 5.74) is 1.61. The van der Waals surface area contributed by atoms with Crippen molar-refractivity contribution < 1.29 is 13.2 Å². The Morgan fingerprint density at radius 1 is 1.33 bits per heavy atom. The van der Waals surface area contributed by atoms with Crippen LogP contribution in [0.15, 0.2) is 18.2 Å². The average Bonchev–Trinajstić information content (AvgIpc) is 2.28. The predicted octanol–water partition coefficient (Wildman–Crippen LogP) is 3.45. The summed E-state index contributed by atoms with van der Waals surface area (Å²) in [6.07, 6.45) is -4.97. The molecule has 1 aromatic carbocycles. The van der Waals surface area contributed by atoms with Crippen molar-refractivity contribution in [2.24, 2.45) is 0 Å². The molecule has 1 rings (SSSR count). The Morgan fingerprint density at radius 2 is 2.00 bits per heavy atom. The quantitative estimate of drug-likeness (QED) is 0.889. The fraction of sp³-hybridized carbons (Fsp3) is 0.500. The van der Waals surface area contributed by atoms with Crippen LogP contribution in [0.5, 0.6) is 0 Å². The van der Waals surface area contributed by atoms with E-state index in [2.05, 4.69) is 5.32 Å². The van der Waals surface area contributed by atoms with Gasteiger partial charge in [-0.2, -0.15) is 13.2 Å². The number of rotatable bonds is 5. The number of hydrogen-bond donors (Lipinski definition) is 1. The molecule has 2 nitrogen and oxygen atoms in total. The number of halogens is 4. The summed E-state index contributed by atoms with van der Waals surface area (Å²) in [5, 5.41) is 3.53. The van der Waals surface area contributed by atoms with Gasteiger partial charge in [0.1, 0.15) is 0 Å². The van der Waals surface area contributed by atoms with E-state index >= 15 is 0 Å². The van der Waals surface area contributed by atoms with Gasteiger partial charge >= 0.3 is 6.18 Å². The van der Waals surface area contributed by atoms with Gasteiger partial charge in [0.2, 0.25) is 0 Å². The van der Waals surface area contributed by atoms with E-state index in [-0.39, 0.29) is 6.54 Å². The van der Waals surface area contributed by atoms with E-state index in [1.54, 1.807) is 31.1 Å². The van der Waals surface area contributed by atoms with E-state index in [0.717, 1.165) is 5.56 Å². The Bertz CT molecular complexity index is 393. The summed E-state index contributed by atoms with van der Waals surface area (Å²) < 4.78 is 36.3. The maximum absolute atomic E-state index is 12.1. The lowest BCUT2D eigenvalue weighted by Crippen LogP contribution is -2.24. The van der Waals surface area contributed by atoms with E-state index in [0.29, 0.717) is 17.3 Å². The highest BCUT2D eigenvalue weighted by atomic mass is 35.5. The maximum atomic E-state index is 12.1. The van der Waals surface area contributed by atoms with Gasteiger partial charge in [-0.05, 0) is 24.7 Å². The molecule has 0 saturated carbocycles. The van der Waals surface area contributed by atoms with Crippen LogP contribution < -0.4 is 10.2 Å². The monoisotopic (exact) mass is 280 g/mol. The summed E-state index contributed by atoms with van der Waals surface area (Å²) in [5.74, 6) is 0. The molecule has 0 saturated heterocycles. The third-order valence-electron chi connectivity index (χ3n) is 2.58. The molecule has 0 amide bonds. The first-order valence-corrected chi connectivity index (χ1v) is 5.92. The SMILES string of the molecule is CNCc1ccc(N(C)CCC(F)(F)F)cc1Cl. The van der Waals surface area contributed by atoms with Crippen LogP contribution in [0.25, 0.3) is 0 Å². The molecule has 1 N–H and O–H groups in total. The molecule has 102 valence electrons. The molecule has 0 atom stereocenters. The molecule has 0 aliphatic carbocycles. The first kappa shape index (κ1) is 15.1. The first-order chi connectivity index (χ1) is 8.33. The molecule has 1 aromatic rings. The highest BCUT2D eigenvalue weighted by Gasteiger charge is 2.27. The van der Waals surface area contributed by atoms with E-state index in [4.69, 9.17) is 11.6 Å². The topological polar surface area (TPSA) is 15.3 Å². The lowest BCUT2D eigenvalue weighted by atomic mass is 10.2. The lowest BCUT2D eigenvalue weighted by Gasteiger charge is -2.21. The van der Waals surface area contributed by atoms with Crippen molar-refractivity contribution in [1.29, 1.82) is 0 Å². The van der Waals surface area contributed by atoms with Crippen LogP contribution in [0.2, 0.25) is 5.02 Å². The molecule has 0 heterocycles. The van der Waals surface area contributed by atoms with Crippen LogP contribution >= 0.6 is 11.6 Å². The van der Waals surface area contributed by atoms with Crippen LogP contribution in [0.4, 0.5) is 18.9 Å². The molecule has 0 spiro atoms. The van der Waals surface area contributed by atoms with Gasteiger partial charge in [-0.25, -0.2) is 0 Å². The van der Waals surface area contributed by atoms with Crippen molar-refractivity contribution in [3.8, 4) is 0 Å². The zero-order chi connectivity index (χ0) is 13.8. The number of anilines is 1. The molecule has 0 bridgehead atoms. The molecule has 0 aliphatic rings. The van der Waals surface area contributed by atoms with E-state index in [1.165, 1.54) is 0 Å². The Labute approximate surface area is 110 Å². The molecule has 0 aromatic heterocycles. The molecule has 0 aliphatic heterocycles. The molecular weight excluding hydrogens is 265 g/mol. The lowest BCUT2D eigenvalue weighted by molar-refractivity contribution is -0.132. The van der Waals surface area contributed by atoms with Crippen LogP contribution in [0.1, 0.15) is 12.0 Å². The Kier molecular flexibility index (Phi) is 5.28. The molecule has 0 unspecified atom stereocenters. The third-order valence-corrected chi connectivity index (χ3v) is 2.93. The van der Waals surface area contributed by atoms with Crippen molar-refractivity contribution in [3.05, 3.63) is 28.8 Å². The minimum Gasteiger partial charge on any atom is -0.374 e. The number of hydrogen-bond acceptors (Lipinski definition) is 2. The van der Waals surface area contributed by atoms with Gasteiger partial charge in [-0.15, -0.1) is 0 Å². The smallest absolute Gasteiger partial charge is 0.374 e. The number of benzene rings is 1. The van der Waals surface area contributed by atoms with Crippen LogP contribution in [0, 0.1) is 0 Å². The second-order valence-electron chi connectivity index (χ2n) is 4.09. The Hall–Kier alpha value is -0.940. The minimum atomic E-state index is -4.13. The summed E-state index contributed by atoms with van der Waals surface area (Å²) in [4.78, 5) is 1.54. The molecule has 6 heteroatoms. The number of nitrogens with one attached hydrogen (secondary N) is 1. The fourth-order valence-electron chi connectivity index (χ4n) is 1.53. The van der Waals surface area contributed by atoms with Gasteiger partial charge in [-0.1, -0.05) is 17.7 Å². The zero-order valence-corrected chi connectivity index (χ0v) is 11.1. The average molecular weight is 281 g/mol. The number of alkyl halides is 3. The van der Waals surface area contributed by atoms with Crippen molar-refractivity contribution in [3.63, 3.8) is 0 Å². The fourth-order valence-corrected chi connectivity index (χ4v) is 1.77. The van der Waals surface area contributed by atoms with Gasteiger partial charge in [0, 0.05) is 30.8 Å². The van der Waals surface area contributed by atoms with Crippen LogP contribution in [0.3, 0.4) is 0 Å².